The average molecular weight is 367 g/mol. The summed E-state index contributed by atoms with van der Waals surface area (Å²) < 4.78 is 40.5. The maximum atomic E-state index is 12.9. The number of nitrogens with zero attached hydrogens (tertiary/aromatic N) is 5. The molecule has 0 aliphatic heterocycles. The van der Waals surface area contributed by atoms with E-state index in [0.717, 1.165) is 12.6 Å². The number of aromatic nitrogens is 4. The molecule has 2 heterocycles. The molecule has 0 bridgehead atoms. The fourth-order valence-electron chi connectivity index (χ4n) is 2.51. The Hall–Kier alpha value is -2.83. The zero-order valence-electron chi connectivity index (χ0n) is 14.7. The quantitative estimate of drug-likeness (QED) is 0.767. The Bertz CT molecular complexity index is 792. The first kappa shape index (κ1) is 19.5. The van der Waals surface area contributed by atoms with E-state index in [1.54, 1.807) is 17.8 Å². The van der Waals surface area contributed by atoms with E-state index in [1.165, 1.54) is 7.05 Å². The van der Waals surface area contributed by atoms with Crippen LogP contribution in [-0.4, -0.2) is 26.8 Å². The molecule has 140 valence electrons. The number of nitrogens with one attached hydrogen (secondary N) is 2. The molecule has 0 saturated heterocycles. The lowest BCUT2D eigenvalue weighted by atomic mass is 10.1. The molecule has 0 aromatic carbocycles. The van der Waals surface area contributed by atoms with Crippen LogP contribution in [0.25, 0.3) is 0 Å². The zero-order chi connectivity index (χ0) is 19.3. The summed E-state index contributed by atoms with van der Waals surface area (Å²) in [6.07, 6.45) is -0.138. The largest absolute Gasteiger partial charge is 0.421 e. The molecule has 1 atom stereocenters. The molecular formula is C16H20F3N7. The summed E-state index contributed by atoms with van der Waals surface area (Å²) in [5.41, 5.74) is 0.331. The van der Waals surface area contributed by atoms with Gasteiger partial charge in [-0.3, -0.25) is 4.68 Å². The van der Waals surface area contributed by atoms with Crippen LogP contribution in [0, 0.1) is 18.3 Å². The Labute approximate surface area is 149 Å². The predicted octanol–water partition coefficient (Wildman–Crippen LogP) is 4.04. The Kier molecular flexibility index (Phi) is 6.02. The minimum Gasteiger partial charge on any atom is -0.372 e. The fourth-order valence-corrected chi connectivity index (χ4v) is 2.51. The standard InChI is InChI=1S/C16H20F3N7/c1-4-11(6-5-7-20)26-9-13(10(2)25-26)23-15-22-8-12(16(17,18)19)14(21-3)24-15/h8-9,11H,4-6H2,1-3H3,(H2,21,22,23,24). The number of halogens is 3. The van der Waals surface area contributed by atoms with E-state index in [0.29, 0.717) is 24.2 Å². The van der Waals surface area contributed by atoms with Crippen LogP contribution in [0.4, 0.5) is 30.6 Å². The van der Waals surface area contributed by atoms with Gasteiger partial charge in [0.25, 0.3) is 0 Å². The molecule has 26 heavy (non-hydrogen) atoms. The van der Waals surface area contributed by atoms with Crippen molar-refractivity contribution in [2.24, 2.45) is 0 Å². The topological polar surface area (TPSA) is 91.5 Å². The lowest BCUT2D eigenvalue weighted by molar-refractivity contribution is -0.137. The van der Waals surface area contributed by atoms with Crippen LogP contribution in [0.3, 0.4) is 0 Å². The second kappa shape index (κ2) is 8.03. The minimum absolute atomic E-state index is 0.0371. The van der Waals surface area contributed by atoms with Crippen molar-refractivity contribution >= 4 is 17.5 Å². The number of rotatable bonds is 7. The maximum absolute atomic E-state index is 12.9. The van der Waals surface area contributed by atoms with Crippen molar-refractivity contribution in [3.8, 4) is 6.07 Å². The van der Waals surface area contributed by atoms with Crippen LogP contribution >= 0.6 is 0 Å². The van der Waals surface area contributed by atoms with E-state index in [-0.39, 0.29) is 17.8 Å². The third-order valence-corrected chi connectivity index (χ3v) is 3.93. The molecular weight excluding hydrogens is 347 g/mol. The number of nitriles is 1. The average Bonchev–Trinajstić information content (AvgIpc) is 2.95. The lowest BCUT2D eigenvalue weighted by Crippen LogP contribution is -2.12. The zero-order valence-corrected chi connectivity index (χ0v) is 14.7. The van der Waals surface area contributed by atoms with Crippen LogP contribution in [0.5, 0.6) is 0 Å². The van der Waals surface area contributed by atoms with Crippen molar-refractivity contribution in [3.05, 3.63) is 23.7 Å². The third-order valence-electron chi connectivity index (χ3n) is 3.93. The molecule has 0 amide bonds. The Morgan fingerprint density at radius 2 is 2.12 bits per heavy atom. The van der Waals surface area contributed by atoms with Gasteiger partial charge in [0.2, 0.25) is 5.95 Å². The highest BCUT2D eigenvalue weighted by molar-refractivity contribution is 5.57. The smallest absolute Gasteiger partial charge is 0.372 e. The molecule has 0 aliphatic rings. The highest BCUT2D eigenvalue weighted by Gasteiger charge is 2.35. The van der Waals surface area contributed by atoms with Gasteiger partial charge in [-0.2, -0.15) is 28.5 Å². The molecule has 0 aliphatic carbocycles. The number of anilines is 3. The van der Waals surface area contributed by atoms with Gasteiger partial charge in [-0.1, -0.05) is 6.92 Å². The number of aryl methyl sites for hydroxylation is 1. The molecule has 7 nitrogen and oxygen atoms in total. The van der Waals surface area contributed by atoms with Gasteiger partial charge in [-0.05, 0) is 19.8 Å². The van der Waals surface area contributed by atoms with Gasteiger partial charge in [0.1, 0.15) is 11.4 Å². The van der Waals surface area contributed by atoms with Crippen LogP contribution in [0.15, 0.2) is 12.4 Å². The number of hydrogen-bond donors (Lipinski definition) is 2. The summed E-state index contributed by atoms with van der Waals surface area (Å²) in [7, 11) is 1.37. The summed E-state index contributed by atoms with van der Waals surface area (Å²) >= 11 is 0. The van der Waals surface area contributed by atoms with Gasteiger partial charge in [-0.15, -0.1) is 0 Å². The third kappa shape index (κ3) is 4.41. The highest BCUT2D eigenvalue weighted by Crippen LogP contribution is 2.34. The molecule has 2 N–H and O–H groups in total. The monoisotopic (exact) mass is 367 g/mol. The SMILES string of the molecule is CCC(CCC#N)n1cc(Nc2ncc(C(F)(F)F)c(NC)n2)c(C)n1. The summed E-state index contributed by atoms with van der Waals surface area (Å²) in [5.74, 6) is -0.268. The highest BCUT2D eigenvalue weighted by atomic mass is 19.4. The number of hydrogen-bond acceptors (Lipinski definition) is 6. The molecule has 2 aromatic heterocycles. The Morgan fingerprint density at radius 3 is 2.69 bits per heavy atom. The maximum Gasteiger partial charge on any atom is 0.421 e. The van der Waals surface area contributed by atoms with E-state index >= 15 is 0 Å². The molecule has 0 spiro atoms. The van der Waals surface area contributed by atoms with E-state index in [1.807, 2.05) is 6.92 Å². The van der Waals surface area contributed by atoms with E-state index in [2.05, 4.69) is 31.8 Å². The first-order valence-corrected chi connectivity index (χ1v) is 8.11. The van der Waals surface area contributed by atoms with Gasteiger partial charge in [0, 0.05) is 25.9 Å². The van der Waals surface area contributed by atoms with E-state index in [4.69, 9.17) is 5.26 Å². The molecule has 0 saturated carbocycles. The predicted molar refractivity (Wildman–Crippen MR) is 91.0 cm³/mol. The van der Waals surface area contributed by atoms with Crippen molar-refractivity contribution in [2.45, 2.75) is 45.3 Å². The first-order valence-electron chi connectivity index (χ1n) is 8.11. The van der Waals surface area contributed by atoms with Gasteiger partial charge in [0.15, 0.2) is 0 Å². The molecule has 2 aromatic rings. The summed E-state index contributed by atoms with van der Waals surface area (Å²) in [6, 6.07) is 2.19. The molecule has 0 radical (unpaired) electrons. The first-order chi connectivity index (χ1) is 12.3. The van der Waals surface area contributed by atoms with Crippen molar-refractivity contribution in [1.29, 1.82) is 5.26 Å². The fraction of sp³-hybridized carbons (Fsp3) is 0.500. The normalized spacial score (nSPS) is 12.5. The molecule has 2 rings (SSSR count). The summed E-state index contributed by atoms with van der Waals surface area (Å²) in [6.45, 7) is 3.78. The van der Waals surface area contributed by atoms with Crippen molar-refractivity contribution < 1.29 is 13.2 Å². The molecule has 0 fully saturated rings. The second-order valence-electron chi connectivity index (χ2n) is 5.70. The second-order valence-corrected chi connectivity index (χ2v) is 5.70. The van der Waals surface area contributed by atoms with Crippen LogP contribution in [0.1, 0.15) is 43.5 Å². The summed E-state index contributed by atoms with van der Waals surface area (Å²) in [4.78, 5) is 7.64. The van der Waals surface area contributed by atoms with E-state index < -0.39 is 11.7 Å². The van der Waals surface area contributed by atoms with Gasteiger partial charge in [0.05, 0.1) is 23.5 Å². The van der Waals surface area contributed by atoms with Crippen molar-refractivity contribution in [1.82, 2.24) is 19.7 Å². The van der Waals surface area contributed by atoms with Crippen LogP contribution in [0.2, 0.25) is 0 Å². The van der Waals surface area contributed by atoms with Crippen LogP contribution < -0.4 is 10.6 Å². The Balaban J connectivity index is 2.25. The lowest BCUT2D eigenvalue weighted by Gasteiger charge is -2.13. The van der Waals surface area contributed by atoms with Crippen molar-refractivity contribution in [2.75, 3.05) is 17.7 Å². The number of alkyl halides is 3. The molecule has 1 unspecified atom stereocenters. The Morgan fingerprint density at radius 1 is 1.38 bits per heavy atom. The summed E-state index contributed by atoms with van der Waals surface area (Å²) in [5, 5.41) is 18.5. The van der Waals surface area contributed by atoms with Gasteiger partial charge >= 0.3 is 6.18 Å². The van der Waals surface area contributed by atoms with E-state index in [9.17, 15) is 13.2 Å². The van der Waals surface area contributed by atoms with Gasteiger partial charge < -0.3 is 10.6 Å². The minimum atomic E-state index is -4.53. The molecule has 10 heteroatoms. The van der Waals surface area contributed by atoms with Gasteiger partial charge in [-0.25, -0.2) is 4.98 Å². The van der Waals surface area contributed by atoms with Crippen molar-refractivity contribution in [3.63, 3.8) is 0 Å². The van der Waals surface area contributed by atoms with Crippen LogP contribution in [-0.2, 0) is 6.18 Å².